The highest BCUT2D eigenvalue weighted by Gasteiger charge is 2.35. The third-order valence-electron chi connectivity index (χ3n) is 4.32. The van der Waals surface area contributed by atoms with E-state index in [2.05, 4.69) is 18.0 Å². The molecule has 0 aliphatic heterocycles. The highest BCUT2D eigenvalue weighted by molar-refractivity contribution is 5.89. The number of nitrogens with zero attached hydrogens (tertiary/aromatic N) is 1. The zero-order valence-corrected chi connectivity index (χ0v) is 16.2. The van der Waals surface area contributed by atoms with Gasteiger partial charge in [-0.1, -0.05) is 26.8 Å². The van der Waals surface area contributed by atoms with E-state index in [9.17, 15) is 9.90 Å². The number of ether oxygens (including phenoxy) is 2. The molecular formula is C20H33NO4. The number of aliphatic imine (C=N–C) groups is 1. The van der Waals surface area contributed by atoms with Crippen LogP contribution in [0.3, 0.4) is 0 Å². The van der Waals surface area contributed by atoms with Crippen LogP contribution in [-0.4, -0.2) is 48.3 Å². The predicted molar refractivity (Wildman–Crippen MR) is 101 cm³/mol. The van der Waals surface area contributed by atoms with Gasteiger partial charge < -0.3 is 14.6 Å². The molecule has 0 saturated carbocycles. The average molecular weight is 351 g/mol. The lowest BCUT2D eigenvalue weighted by molar-refractivity contribution is -0.139. The van der Waals surface area contributed by atoms with Crippen LogP contribution >= 0.6 is 0 Å². The largest absolute Gasteiger partial charge is 0.463 e. The van der Waals surface area contributed by atoms with E-state index in [0.717, 1.165) is 24.8 Å². The summed E-state index contributed by atoms with van der Waals surface area (Å²) in [6, 6.07) is -0.413. The van der Waals surface area contributed by atoms with Crippen LogP contribution in [0.25, 0.3) is 0 Å². The molecule has 0 bridgehead atoms. The van der Waals surface area contributed by atoms with Crippen molar-refractivity contribution in [2.75, 3.05) is 6.61 Å². The molecule has 1 aliphatic rings. The van der Waals surface area contributed by atoms with Crippen molar-refractivity contribution in [1.82, 2.24) is 0 Å². The van der Waals surface area contributed by atoms with Crippen molar-refractivity contribution in [3.05, 3.63) is 23.3 Å². The van der Waals surface area contributed by atoms with E-state index in [-0.39, 0.29) is 12.1 Å². The lowest BCUT2D eigenvalue weighted by atomic mass is 9.90. The van der Waals surface area contributed by atoms with Crippen LogP contribution in [0.1, 0.15) is 60.3 Å². The minimum Gasteiger partial charge on any atom is -0.463 e. The Bertz CT molecular complexity index is 506. The number of aliphatic hydroxyl groups excluding tert-OH is 1. The molecule has 0 aromatic carbocycles. The molecule has 0 spiro atoms. The van der Waals surface area contributed by atoms with Gasteiger partial charge in [-0.2, -0.15) is 0 Å². The zero-order valence-electron chi connectivity index (χ0n) is 16.2. The molecule has 0 amide bonds. The molecule has 0 saturated heterocycles. The predicted octanol–water partition coefficient (Wildman–Crippen LogP) is 3.61. The molecule has 5 nitrogen and oxygen atoms in total. The Labute approximate surface area is 151 Å². The molecule has 0 heterocycles. The molecule has 1 N–H and O–H groups in total. The van der Waals surface area contributed by atoms with Crippen molar-refractivity contribution in [3.63, 3.8) is 0 Å². The van der Waals surface area contributed by atoms with Crippen LogP contribution in [0, 0.1) is 0 Å². The van der Waals surface area contributed by atoms with Crippen LogP contribution in [0.15, 0.2) is 28.3 Å². The van der Waals surface area contributed by atoms with Crippen molar-refractivity contribution in [1.29, 1.82) is 0 Å². The van der Waals surface area contributed by atoms with E-state index in [1.54, 1.807) is 19.2 Å². The van der Waals surface area contributed by atoms with Crippen molar-refractivity contribution in [3.8, 4) is 0 Å². The van der Waals surface area contributed by atoms with Gasteiger partial charge in [0.05, 0.1) is 18.8 Å². The Kier molecular flexibility index (Phi) is 9.68. The van der Waals surface area contributed by atoms with Gasteiger partial charge in [-0.05, 0) is 44.8 Å². The summed E-state index contributed by atoms with van der Waals surface area (Å²) in [5.74, 6) is -0.353. The molecule has 1 rings (SSSR count). The summed E-state index contributed by atoms with van der Waals surface area (Å²) < 4.78 is 11.1. The average Bonchev–Trinajstić information content (AvgIpc) is 2.60. The Morgan fingerprint density at radius 3 is 2.60 bits per heavy atom. The topological polar surface area (TPSA) is 68.1 Å². The van der Waals surface area contributed by atoms with E-state index in [0.29, 0.717) is 18.6 Å². The van der Waals surface area contributed by atoms with Gasteiger partial charge in [0.15, 0.2) is 0 Å². The molecule has 0 aromatic rings. The first kappa shape index (κ1) is 21.6. The SMILES string of the molecule is CC/C=C(\C)C=N[C@@H]1CC(C(=O)OCC)=C[C@@H](OC(CC)CC)[C@H]1O. The summed E-state index contributed by atoms with van der Waals surface area (Å²) in [5, 5.41) is 10.7. The van der Waals surface area contributed by atoms with Gasteiger partial charge in [0, 0.05) is 18.2 Å². The number of rotatable bonds is 9. The third kappa shape index (κ3) is 6.75. The Balaban J connectivity index is 3.02. The minimum absolute atomic E-state index is 0.0452. The normalized spacial score (nSPS) is 24.7. The minimum atomic E-state index is -0.774. The monoisotopic (exact) mass is 351 g/mol. The summed E-state index contributed by atoms with van der Waals surface area (Å²) in [6.07, 6.45) is 7.27. The fourth-order valence-corrected chi connectivity index (χ4v) is 2.86. The molecule has 5 heteroatoms. The zero-order chi connectivity index (χ0) is 18.8. The number of aliphatic hydroxyl groups is 1. The Morgan fingerprint density at radius 1 is 1.36 bits per heavy atom. The molecule has 25 heavy (non-hydrogen) atoms. The Hall–Kier alpha value is -1.46. The fourth-order valence-electron chi connectivity index (χ4n) is 2.86. The van der Waals surface area contributed by atoms with Gasteiger partial charge in [-0.15, -0.1) is 0 Å². The number of hydrogen-bond acceptors (Lipinski definition) is 5. The first-order chi connectivity index (χ1) is 12.0. The van der Waals surface area contributed by atoms with E-state index in [1.165, 1.54) is 0 Å². The van der Waals surface area contributed by atoms with Crippen LogP contribution < -0.4 is 0 Å². The summed E-state index contributed by atoms with van der Waals surface area (Å²) in [4.78, 5) is 16.7. The molecule has 0 aromatic heterocycles. The van der Waals surface area contributed by atoms with Crippen LogP contribution in [0.4, 0.5) is 0 Å². The summed E-state index contributed by atoms with van der Waals surface area (Å²) in [5.41, 5.74) is 1.57. The summed E-state index contributed by atoms with van der Waals surface area (Å²) >= 11 is 0. The van der Waals surface area contributed by atoms with Crippen molar-refractivity contribution < 1.29 is 19.4 Å². The van der Waals surface area contributed by atoms with Gasteiger partial charge in [-0.25, -0.2) is 4.79 Å². The van der Waals surface area contributed by atoms with Crippen molar-refractivity contribution >= 4 is 12.2 Å². The summed E-state index contributed by atoms with van der Waals surface area (Å²) in [6.45, 7) is 10.2. The maximum absolute atomic E-state index is 12.2. The first-order valence-electron chi connectivity index (χ1n) is 9.37. The maximum atomic E-state index is 12.2. The molecular weight excluding hydrogens is 318 g/mol. The molecule has 0 unspecified atom stereocenters. The van der Waals surface area contributed by atoms with Gasteiger partial charge in [0.2, 0.25) is 0 Å². The fraction of sp³-hybridized carbons (Fsp3) is 0.700. The number of carbonyl (C=O) groups is 1. The van der Waals surface area contributed by atoms with E-state index in [1.807, 2.05) is 20.8 Å². The lowest BCUT2D eigenvalue weighted by Gasteiger charge is -2.33. The van der Waals surface area contributed by atoms with Crippen molar-refractivity contribution in [2.24, 2.45) is 4.99 Å². The van der Waals surface area contributed by atoms with Gasteiger partial charge in [0.1, 0.15) is 12.2 Å². The van der Waals surface area contributed by atoms with E-state index >= 15 is 0 Å². The highest BCUT2D eigenvalue weighted by atomic mass is 16.5. The Morgan fingerprint density at radius 2 is 2.04 bits per heavy atom. The molecule has 0 fully saturated rings. The number of esters is 1. The standard InChI is InChI=1S/C20H33NO4/c1-6-10-14(5)13-21-17-11-15(20(23)24-9-4)12-18(19(17)22)25-16(7-2)8-3/h10,12-13,16-19,22H,6-9,11H2,1-5H3/b14-10+,21-13?/t17-,18-,19+/m1/s1. The summed E-state index contributed by atoms with van der Waals surface area (Å²) in [7, 11) is 0. The van der Waals surface area contributed by atoms with Crippen molar-refractivity contribution in [2.45, 2.75) is 84.7 Å². The van der Waals surface area contributed by atoms with Gasteiger partial charge >= 0.3 is 5.97 Å². The van der Waals surface area contributed by atoms with Gasteiger partial charge in [-0.3, -0.25) is 4.99 Å². The quantitative estimate of drug-likeness (QED) is 0.509. The number of hydrogen-bond donors (Lipinski definition) is 1. The smallest absolute Gasteiger partial charge is 0.333 e. The highest BCUT2D eigenvalue weighted by Crippen LogP contribution is 2.26. The van der Waals surface area contributed by atoms with Crippen LogP contribution in [0.2, 0.25) is 0 Å². The maximum Gasteiger partial charge on any atom is 0.333 e. The molecule has 1 aliphatic carbocycles. The molecule has 0 radical (unpaired) electrons. The van der Waals surface area contributed by atoms with Crippen LogP contribution in [0.5, 0.6) is 0 Å². The van der Waals surface area contributed by atoms with E-state index < -0.39 is 18.2 Å². The molecule has 3 atom stereocenters. The first-order valence-corrected chi connectivity index (χ1v) is 9.37. The lowest BCUT2D eigenvalue weighted by Crippen LogP contribution is -2.43. The second-order valence-corrected chi connectivity index (χ2v) is 6.35. The van der Waals surface area contributed by atoms with E-state index in [4.69, 9.17) is 9.47 Å². The number of allylic oxidation sites excluding steroid dienone is 2. The second kappa shape index (κ2) is 11.2. The number of carbonyl (C=O) groups excluding carboxylic acids is 1. The molecule has 142 valence electrons. The van der Waals surface area contributed by atoms with Gasteiger partial charge in [0.25, 0.3) is 0 Å². The second-order valence-electron chi connectivity index (χ2n) is 6.35. The third-order valence-corrected chi connectivity index (χ3v) is 4.32. The van der Waals surface area contributed by atoms with Crippen LogP contribution in [-0.2, 0) is 14.3 Å².